The molecule has 2 aromatic rings. The predicted octanol–water partition coefficient (Wildman–Crippen LogP) is 2.93. The molecule has 0 aliphatic carbocycles. The van der Waals surface area contributed by atoms with Crippen molar-refractivity contribution < 1.29 is 0 Å². The van der Waals surface area contributed by atoms with Crippen LogP contribution in [0.5, 0.6) is 0 Å². The Labute approximate surface area is 109 Å². The largest absolute Gasteiger partial charge is 0.311 e. The number of hydrogen-bond acceptors (Lipinski definition) is 2. The molecule has 0 spiro atoms. The molecule has 0 radical (unpaired) electrons. The van der Waals surface area contributed by atoms with Crippen molar-refractivity contribution in [2.45, 2.75) is 27.3 Å². The second-order valence-corrected chi connectivity index (χ2v) is 5.11. The Morgan fingerprint density at radius 2 is 1.89 bits per heavy atom. The Morgan fingerprint density at radius 1 is 1.17 bits per heavy atom. The molecule has 0 amide bonds. The van der Waals surface area contributed by atoms with Gasteiger partial charge < -0.3 is 5.32 Å². The van der Waals surface area contributed by atoms with Gasteiger partial charge in [-0.15, -0.1) is 0 Å². The summed E-state index contributed by atoms with van der Waals surface area (Å²) in [4.78, 5) is 0. The number of nitrogens with one attached hydrogen (secondary N) is 1. The van der Waals surface area contributed by atoms with Crippen LogP contribution in [0.4, 0.5) is 0 Å². The SMILES string of the molecule is Cc1ccc(-n2ccc(CNCC(C)C)n2)cc1. The van der Waals surface area contributed by atoms with E-state index in [0.29, 0.717) is 5.92 Å². The fourth-order valence-corrected chi connectivity index (χ4v) is 1.79. The highest BCUT2D eigenvalue weighted by atomic mass is 15.3. The van der Waals surface area contributed by atoms with Crippen LogP contribution in [0.1, 0.15) is 25.1 Å². The molecule has 0 atom stereocenters. The maximum absolute atomic E-state index is 4.56. The van der Waals surface area contributed by atoms with Gasteiger partial charge in [-0.1, -0.05) is 31.5 Å². The van der Waals surface area contributed by atoms with Crippen molar-refractivity contribution in [2.24, 2.45) is 5.92 Å². The number of aromatic nitrogens is 2. The van der Waals surface area contributed by atoms with Crippen LogP contribution in [-0.2, 0) is 6.54 Å². The van der Waals surface area contributed by atoms with E-state index in [1.165, 1.54) is 5.56 Å². The van der Waals surface area contributed by atoms with E-state index < -0.39 is 0 Å². The molecule has 96 valence electrons. The Balaban J connectivity index is 1.99. The molecule has 0 bridgehead atoms. The van der Waals surface area contributed by atoms with Gasteiger partial charge in [0.1, 0.15) is 0 Å². The average molecular weight is 243 g/mol. The summed E-state index contributed by atoms with van der Waals surface area (Å²) in [6, 6.07) is 10.5. The highest BCUT2D eigenvalue weighted by Gasteiger charge is 2.01. The number of benzene rings is 1. The Kier molecular flexibility index (Phi) is 4.15. The van der Waals surface area contributed by atoms with Crippen LogP contribution < -0.4 is 5.32 Å². The van der Waals surface area contributed by atoms with Gasteiger partial charge in [0.2, 0.25) is 0 Å². The zero-order valence-corrected chi connectivity index (χ0v) is 11.4. The summed E-state index contributed by atoms with van der Waals surface area (Å²) in [5, 5.41) is 7.96. The number of rotatable bonds is 5. The van der Waals surface area contributed by atoms with Gasteiger partial charge in [0.05, 0.1) is 11.4 Å². The molecule has 2 rings (SSSR count). The lowest BCUT2D eigenvalue weighted by Crippen LogP contribution is -2.19. The highest BCUT2D eigenvalue weighted by molar-refractivity contribution is 5.33. The van der Waals surface area contributed by atoms with Gasteiger partial charge in [0, 0.05) is 12.7 Å². The van der Waals surface area contributed by atoms with Gasteiger partial charge in [-0.2, -0.15) is 5.10 Å². The molecular weight excluding hydrogens is 222 g/mol. The summed E-state index contributed by atoms with van der Waals surface area (Å²) in [7, 11) is 0. The molecule has 1 N–H and O–H groups in total. The van der Waals surface area contributed by atoms with Crippen LogP contribution >= 0.6 is 0 Å². The quantitative estimate of drug-likeness (QED) is 0.875. The number of nitrogens with zero attached hydrogens (tertiary/aromatic N) is 2. The van der Waals surface area contributed by atoms with E-state index in [1.807, 2.05) is 10.9 Å². The minimum atomic E-state index is 0.671. The molecule has 0 aliphatic rings. The first-order valence-electron chi connectivity index (χ1n) is 6.47. The van der Waals surface area contributed by atoms with Crippen molar-refractivity contribution in [1.29, 1.82) is 0 Å². The molecule has 18 heavy (non-hydrogen) atoms. The molecule has 0 unspecified atom stereocenters. The third-order valence-electron chi connectivity index (χ3n) is 2.80. The Bertz CT molecular complexity index is 483. The van der Waals surface area contributed by atoms with Crippen molar-refractivity contribution in [2.75, 3.05) is 6.54 Å². The normalized spacial score (nSPS) is 11.1. The molecule has 0 saturated carbocycles. The van der Waals surface area contributed by atoms with Gasteiger partial charge >= 0.3 is 0 Å². The smallest absolute Gasteiger partial charge is 0.0766 e. The van der Waals surface area contributed by atoms with Crippen molar-refractivity contribution in [3.8, 4) is 5.69 Å². The lowest BCUT2D eigenvalue weighted by Gasteiger charge is -2.05. The predicted molar refractivity (Wildman–Crippen MR) is 74.8 cm³/mol. The van der Waals surface area contributed by atoms with Crippen LogP contribution in [0.2, 0.25) is 0 Å². The van der Waals surface area contributed by atoms with E-state index in [9.17, 15) is 0 Å². The molecule has 3 nitrogen and oxygen atoms in total. The molecule has 3 heteroatoms. The summed E-state index contributed by atoms with van der Waals surface area (Å²) in [5.74, 6) is 0.671. The fourth-order valence-electron chi connectivity index (χ4n) is 1.79. The Hall–Kier alpha value is -1.61. The molecule has 0 aliphatic heterocycles. The summed E-state index contributed by atoms with van der Waals surface area (Å²) in [5.41, 5.74) is 3.46. The topological polar surface area (TPSA) is 29.9 Å². The fraction of sp³-hybridized carbons (Fsp3) is 0.400. The third-order valence-corrected chi connectivity index (χ3v) is 2.80. The van der Waals surface area contributed by atoms with E-state index in [0.717, 1.165) is 24.5 Å². The first-order valence-corrected chi connectivity index (χ1v) is 6.47. The first-order chi connectivity index (χ1) is 8.65. The van der Waals surface area contributed by atoms with Gasteiger partial charge in [-0.05, 0) is 37.6 Å². The lowest BCUT2D eigenvalue weighted by atomic mass is 10.2. The molecule has 1 aromatic heterocycles. The van der Waals surface area contributed by atoms with Crippen LogP contribution in [0.25, 0.3) is 5.69 Å². The summed E-state index contributed by atoms with van der Waals surface area (Å²) >= 11 is 0. The van der Waals surface area contributed by atoms with Crippen molar-refractivity contribution in [3.63, 3.8) is 0 Å². The minimum Gasteiger partial charge on any atom is -0.311 e. The number of aryl methyl sites for hydroxylation is 1. The first kappa shape index (κ1) is 12.8. The van der Waals surface area contributed by atoms with Gasteiger partial charge in [0.25, 0.3) is 0 Å². The monoisotopic (exact) mass is 243 g/mol. The maximum atomic E-state index is 4.56. The average Bonchev–Trinajstić information content (AvgIpc) is 2.78. The molecule has 1 heterocycles. The molecule has 1 aromatic carbocycles. The van der Waals surface area contributed by atoms with Crippen LogP contribution in [0.3, 0.4) is 0 Å². The zero-order valence-electron chi connectivity index (χ0n) is 11.4. The van der Waals surface area contributed by atoms with E-state index in [4.69, 9.17) is 0 Å². The van der Waals surface area contributed by atoms with Crippen molar-refractivity contribution in [3.05, 3.63) is 47.8 Å². The summed E-state index contributed by atoms with van der Waals surface area (Å²) in [6.07, 6.45) is 2.01. The van der Waals surface area contributed by atoms with Gasteiger partial charge in [-0.25, -0.2) is 4.68 Å². The summed E-state index contributed by atoms with van der Waals surface area (Å²) in [6.45, 7) is 8.36. The standard InChI is InChI=1S/C15H21N3/c1-12(2)10-16-11-14-8-9-18(17-14)15-6-4-13(3)5-7-15/h4-9,12,16H,10-11H2,1-3H3. The van der Waals surface area contributed by atoms with E-state index in [1.54, 1.807) is 0 Å². The molecular formula is C15H21N3. The van der Waals surface area contributed by atoms with Gasteiger partial charge in [-0.3, -0.25) is 0 Å². The second-order valence-electron chi connectivity index (χ2n) is 5.11. The minimum absolute atomic E-state index is 0.671. The third kappa shape index (κ3) is 3.44. The zero-order chi connectivity index (χ0) is 13.0. The second kappa shape index (κ2) is 5.83. The lowest BCUT2D eigenvalue weighted by molar-refractivity contribution is 0.546. The van der Waals surface area contributed by atoms with Gasteiger partial charge in [0.15, 0.2) is 0 Å². The maximum Gasteiger partial charge on any atom is 0.0766 e. The Morgan fingerprint density at radius 3 is 2.56 bits per heavy atom. The van der Waals surface area contributed by atoms with Crippen LogP contribution in [0.15, 0.2) is 36.5 Å². The van der Waals surface area contributed by atoms with Crippen LogP contribution in [0, 0.1) is 12.8 Å². The number of hydrogen-bond donors (Lipinski definition) is 1. The van der Waals surface area contributed by atoms with E-state index in [-0.39, 0.29) is 0 Å². The van der Waals surface area contributed by atoms with Crippen molar-refractivity contribution in [1.82, 2.24) is 15.1 Å². The molecule has 0 saturated heterocycles. The summed E-state index contributed by atoms with van der Waals surface area (Å²) < 4.78 is 1.92. The van der Waals surface area contributed by atoms with Crippen LogP contribution in [-0.4, -0.2) is 16.3 Å². The highest BCUT2D eigenvalue weighted by Crippen LogP contribution is 2.09. The molecule has 0 fully saturated rings. The van der Waals surface area contributed by atoms with E-state index >= 15 is 0 Å². The van der Waals surface area contributed by atoms with E-state index in [2.05, 4.69) is 61.5 Å². The van der Waals surface area contributed by atoms with Crippen molar-refractivity contribution >= 4 is 0 Å².